The molecule has 2 N–H and O–H groups in total. The zero-order valence-corrected chi connectivity index (χ0v) is 22.2. The van der Waals surface area contributed by atoms with E-state index in [0.717, 1.165) is 41.4 Å². The number of nitrogens with one attached hydrogen (secondary N) is 2. The topological polar surface area (TPSA) is 63.2 Å². The predicted molar refractivity (Wildman–Crippen MR) is 140 cm³/mol. The minimum absolute atomic E-state index is 0.0383. The number of methoxy groups -OCH3 is 1. The second-order valence-electron chi connectivity index (χ2n) is 9.06. The maximum absolute atomic E-state index is 14.7. The number of hydrogen-bond acceptors (Lipinski definition) is 3. The average Bonchev–Trinajstić information content (AvgIpc) is 3.36. The Labute approximate surface area is 226 Å². The van der Waals surface area contributed by atoms with E-state index in [4.69, 9.17) is 4.74 Å². The maximum atomic E-state index is 14.7. The lowest BCUT2D eigenvalue weighted by Crippen LogP contribution is -2.54. The largest absolute Gasteiger partial charge is 0.496 e. The molecule has 2 aromatic carbocycles. The molecule has 1 aliphatic carbocycles. The van der Waals surface area contributed by atoms with E-state index in [2.05, 4.69) is 38.2 Å². The van der Waals surface area contributed by atoms with Crippen molar-refractivity contribution in [2.75, 3.05) is 7.11 Å². The van der Waals surface area contributed by atoms with Crippen LogP contribution in [0.1, 0.15) is 48.1 Å². The van der Waals surface area contributed by atoms with Gasteiger partial charge < -0.3 is 15.4 Å². The first-order valence-corrected chi connectivity index (χ1v) is 12.9. The molecule has 1 aromatic heterocycles. The van der Waals surface area contributed by atoms with Gasteiger partial charge in [0.2, 0.25) is 0 Å². The third kappa shape index (κ3) is 6.34. The lowest BCUT2D eigenvalue weighted by atomic mass is 9.79. The highest BCUT2D eigenvalue weighted by molar-refractivity contribution is 14.1. The number of para-hydroxylation sites is 1. The number of benzene rings is 2. The Bertz CT molecular complexity index is 1250. The van der Waals surface area contributed by atoms with Gasteiger partial charge in [-0.15, -0.1) is 0 Å². The number of nitrogens with zero attached hydrogens (tertiary/aromatic N) is 1. The lowest BCUT2D eigenvalue weighted by molar-refractivity contribution is -0.137. The smallest absolute Gasteiger partial charge is 0.416 e. The molecule has 1 heterocycles. The number of alkyl halides is 3. The van der Waals surface area contributed by atoms with Crippen LogP contribution in [-0.4, -0.2) is 24.2 Å². The number of aromatic nitrogens is 1. The van der Waals surface area contributed by atoms with Crippen LogP contribution in [0.15, 0.2) is 60.8 Å². The minimum Gasteiger partial charge on any atom is -0.496 e. The van der Waals surface area contributed by atoms with E-state index in [1.54, 1.807) is 42.6 Å². The predicted octanol–water partition coefficient (Wildman–Crippen LogP) is 6.58. The van der Waals surface area contributed by atoms with E-state index in [-0.39, 0.29) is 23.7 Å². The average molecular weight is 627 g/mol. The molecule has 0 aliphatic heterocycles. The van der Waals surface area contributed by atoms with E-state index >= 15 is 0 Å². The van der Waals surface area contributed by atoms with Crippen LogP contribution >= 0.6 is 22.6 Å². The van der Waals surface area contributed by atoms with Crippen molar-refractivity contribution in [3.63, 3.8) is 0 Å². The molecule has 0 radical (unpaired) electrons. The van der Waals surface area contributed by atoms with Crippen molar-refractivity contribution >= 4 is 28.6 Å². The van der Waals surface area contributed by atoms with Crippen LogP contribution in [-0.2, 0) is 18.1 Å². The van der Waals surface area contributed by atoms with Gasteiger partial charge in [0.15, 0.2) is 0 Å². The Hall–Kier alpha value is -2.89. The van der Waals surface area contributed by atoms with Crippen molar-refractivity contribution < 1.29 is 27.1 Å². The summed E-state index contributed by atoms with van der Waals surface area (Å²) in [7, 11) is 1.48. The second kappa shape index (κ2) is 11.2. The Morgan fingerprint density at radius 1 is 1.08 bits per heavy atom. The summed E-state index contributed by atoms with van der Waals surface area (Å²) >= 11 is 2.06. The molecule has 196 valence electrons. The molecule has 1 aliphatic rings. The maximum Gasteiger partial charge on any atom is 0.416 e. The number of hydrogen-bond donors (Lipinski definition) is 2. The fraction of sp³-hybridized carbons (Fsp3) is 0.333. The van der Waals surface area contributed by atoms with Gasteiger partial charge in [-0.25, -0.2) is 9.18 Å². The van der Waals surface area contributed by atoms with Gasteiger partial charge in [-0.1, -0.05) is 31.0 Å². The monoisotopic (exact) mass is 627 g/mol. The number of amides is 2. The first-order valence-electron chi connectivity index (χ1n) is 11.8. The van der Waals surface area contributed by atoms with E-state index < -0.39 is 29.1 Å². The van der Waals surface area contributed by atoms with Crippen LogP contribution in [0.5, 0.6) is 5.75 Å². The normalized spacial score (nSPS) is 15.7. The lowest BCUT2D eigenvalue weighted by Gasteiger charge is -2.36. The van der Waals surface area contributed by atoms with Crippen molar-refractivity contribution in [2.45, 2.75) is 49.9 Å². The first-order chi connectivity index (χ1) is 17.6. The molecular formula is C27H26F4IN3O2. The summed E-state index contributed by atoms with van der Waals surface area (Å²) in [4.78, 5) is 17.8. The SMILES string of the molecule is COc1ccccc1C[C@](NC(=O)NC1CCCC1)(c1cc(F)cc(C(F)(F)F)c1)c1ccc(I)cn1. The number of urea groups is 1. The molecule has 1 saturated carbocycles. The second-order valence-corrected chi connectivity index (χ2v) is 10.3. The number of pyridine rings is 1. The minimum atomic E-state index is -4.79. The van der Waals surface area contributed by atoms with Crippen molar-refractivity contribution in [3.05, 3.63) is 92.6 Å². The Kier molecular flexibility index (Phi) is 8.25. The molecule has 3 aromatic rings. The molecule has 4 rings (SSSR count). The summed E-state index contributed by atoms with van der Waals surface area (Å²) < 4.78 is 62.3. The van der Waals surface area contributed by atoms with Gasteiger partial charge in [-0.3, -0.25) is 4.98 Å². The molecule has 37 heavy (non-hydrogen) atoms. The molecule has 0 bridgehead atoms. The van der Waals surface area contributed by atoms with Gasteiger partial charge in [0.25, 0.3) is 0 Å². The van der Waals surface area contributed by atoms with Crippen molar-refractivity contribution in [1.29, 1.82) is 0 Å². The van der Waals surface area contributed by atoms with Crippen LogP contribution in [0, 0.1) is 9.39 Å². The van der Waals surface area contributed by atoms with E-state index in [1.807, 2.05) is 0 Å². The highest BCUT2D eigenvalue weighted by atomic mass is 127. The third-order valence-electron chi connectivity index (χ3n) is 6.55. The number of carbonyl (C=O) groups excluding carboxylic acids is 1. The van der Waals surface area contributed by atoms with Crippen LogP contribution < -0.4 is 15.4 Å². The highest BCUT2D eigenvalue weighted by Crippen LogP contribution is 2.39. The molecular weight excluding hydrogens is 601 g/mol. The Morgan fingerprint density at radius 3 is 2.43 bits per heavy atom. The van der Waals surface area contributed by atoms with Gasteiger partial charge in [0.1, 0.15) is 17.1 Å². The zero-order chi connectivity index (χ0) is 26.6. The van der Waals surface area contributed by atoms with Gasteiger partial charge in [0.05, 0.1) is 18.4 Å². The number of carbonyl (C=O) groups is 1. The quantitative estimate of drug-likeness (QED) is 0.230. The molecule has 0 saturated heterocycles. The molecule has 0 unspecified atom stereocenters. The molecule has 5 nitrogen and oxygen atoms in total. The Balaban J connectivity index is 1.93. The first kappa shape index (κ1) is 27.2. The van der Waals surface area contributed by atoms with Gasteiger partial charge in [-0.2, -0.15) is 13.2 Å². The standard InChI is InChI=1S/C27H26F4IN3O2/c1-37-23-9-5-2-6-17(23)15-26(24-11-10-21(32)16-33-24,35-25(36)34-22-7-3-4-8-22)18-12-19(27(29,30)31)14-20(28)13-18/h2,5-6,9-14,16,22H,3-4,7-8,15H2,1H3,(H2,34,35,36)/t26-/m0/s1. The summed E-state index contributed by atoms with van der Waals surface area (Å²) in [5, 5.41) is 5.84. The molecule has 1 fully saturated rings. The molecule has 2 amide bonds. The van der Waals surface area contributed by atoms with Crippen molar-refractivity contribution in [1.82, 2.24) is 15.6 Å². The fourth-order valence-corrected chi connectivity index (χ4v) is 5.09. The molecule has 10 heteroatoms. The number of halogens is 5. The summed E-state index contributed by atoms with van der Waals surface area (Å²) in [6, 6.07) is 12.1. The summed E-state index contributed by atoms with van der Waals surface area (Å²) in [6.07, 6.45) is 0.304. The van der Waals surface area contributed by atoms with E-state index in [0.29, 0.717) is 17.4 Å². The number of rotatable bonds is 7. The van der Waals surface area contributed by atoms with E-state index in [9.17, 15) is 22.4 Å². The number of ether oxygens (including phenoxy) is 1. The van der Waals surface area contributed by atoms with Crippen LogP contribution in [0.3, 0.4) is 0 Å². The van der Waals surface area contributed by atoms with E-state index in [1.165, 1.54) is 7.11 Å². The van der Waals surface area contributed by atoms with Crippen LogP contribution in [0.25, 0.3) is 0 Å². The Morgan fingerprint density at radius 2 is 1.78 bits per heavy atom. The van der Waals surface area contributed by atoms with Crippen molar-refractivity contribution in [2.24, 2.45) is 0 Å². The van der Waals surface area contributed by atoms with Gasteiger partial charge in [0, 0.05) is 22.2 Å². The van der Waals surface area contributed by atoms with Gasteiger partial charge >= 0.3 is 12.2 Å². The third-order valence-corrected chi connectivity index (χ3v) is 7.19. The van der Waals surface area contributed by atoms with Crippen molar-refractivity contribution in [3.8, 4) is 5.75 Å². The fourth-order valence-electron chi connectivity index (χ4n) is 4.77. The summed E-state index contributed by atoms with van der Waals surface area (Å²) in [6.45, 7) is 0. The summed E-state index contributed by atoms with van der Waals surface area (Å²) in [5.41, 5.74) is -2.02. The summed E-state index contributed by atoms with van der Waals surface area (Å²) in [5.74, 6) is -0.597. The molecule has 1 atom stereocenters. The van der Waals surface area contributed by atoms with Crippen LogP contribution in [0.2, 0.25) is 0 Å². The highest BCUT2D eigenvalue weighted by Gasteiger charge is 2.41. The zero-order valence-electron chi connectivity index (χ0n) is 20.0. The van der Waals surface area contributed by atoms with Crippen LogP contribution in [0.4, 0.5) is 22.4 Å². The van der Waals surface area contributed by atoms with Gasteiger partial charge in [-0.05, 0) is 83.0 Å². The molecule has 0 spiro atoms.